The normalized spacial score (nSPS) is 24.2. The van der Waals surface area contributed by atoms with Crippen molar-refractivity contribution in [3.05, 3.63) is 64.9 Å². The van der Waals surface area contributed by atoms with E-state index in [1.165, 1.54) is 36.4 Å². The molecular formula is C16H14ClFO3S. The van der Waals surface area contributed by atoms with Gasteiger partial charge in [-0.2, -0.15) is 0 Å². The van der Waals surface area contributed by atoms with Crippen molar-refractivity contribution >= 4 is 21.4 Å². The van der Waals surface area contributed by atoms with Crippen molar-refractivity contribution in [2.24, 2.45) is 5.92 Å². The highest BCUT2D eigenvalue weighted by molar-refractivity contribution is 7.92. The SMILES string of the molecule is O=S(=O)(c1ccc(Cl)cc1)C1C(CO)C1c1ccc(F)cc1. The zero-order valence-corrected chi connectivity index (χ0v) is 13.1. The van der Waals surface area contributed by atoms with Gasteiger partial charge in [-0.15, -0.1) is 0 Å². The molecule has 2 aromatic carbocycles. The molecule has 3 unspecified atom stereocenters. The third-order valence-corrected chi connectivity index (χ3v) is 6.60. The van der Waals surface area contributed by atoms with Crippen molar-refractivity contribution in [2.45, 2.75) is 16.1 Å². The third kappa shape index (κ3) is 2.64. The fourth-order valence-corrected chi connectivity index (χ4v) is 5.21. The van der Waals surface area contributed by atoms with Gasteiger partial charge in [0.1, 0.15) is 5.82 Å². The molecule has 3 atom stereocenters. The number of hydrogen-bond donors (Lipinski definition) is 1. The van der Waals surface area contributed by atoms with E-state index in [1.54, 1.807) is 12.1 Å². The van der Waals surface area contributed by atoms with Crippen molar-refractivity contribution in [3.8, 4) is 0 Å². The van der Waals surface area contributed by atoms with Gasteiger partial charge in [0.05, 0.1) is 10.1 Å². The van der Waals surface area contributed by atoms with Crippen LogP contribution in [-0.2, 0) is 9.84 Å². The molecule has 3 nitrogen and oxygen atoms in total. The summed E-state index contributed by atoms with van der Waals surface area (Å²) < 4.78 is 38.4. The van der Waals surface area contributed by atoms with Crippen LogP contribution in [0.2, 0.25) is 5.02 Å². The molecule has 0 aliphatic heterocycles. The molecule has 3 rings (SSSR count). The second-order valence-electron chi connectivity index (χ2n) is 5.39. The molecule has 2 aromatic rings. The number of hydrogen-bond acceptors (Lipinski definition) is 3. The summed E-state index contributed by atoms with van der Waals surface area (Å²) in [5.74, 6) is -1.06. The van der Waals surface area contributed by atoms with E-state index >= 15 is 0 Å². The molecule has 0 radical (unpaired) electrons. The van der Waals surface area contributed by atoms with E-state index in [4.69, 9.17) is 11.6 Å². The third-order valence-electron chi connectivity index (χ3n) is 4.06. The number of rotatable bonds is 4. The lowest BCUT2D eigenvalue weighted by Crippen LogP contribution is -2.11. The lowest BCUT2D eigenvalue weighted by Gasteiger charge is -2.04. The molecule has 1 fully saturated rings. The molecule has 0 bridgehead atoms. The van der Waals surface area contributed by atoms with Crippen molar-refractivity contribution in [1.82, 2.24) is 0 Å². The van der Waals surface area contributed by atoms with Crippen LogP contribution in [0.3, 0.4) is 0 Å². The van der Waals surface area contributed by atoms with E-state index in [0.717, 1.165) is 5.56 Å². The van der Waals surface area contributed by atoms with Crippen LogP contribution in [-0.4, -0.2) is 25.4 Å². The van der Waals surface area contributed by atoms with Crippen molar-refractivity contribution in [2.75, 3.05) is 6.61 Å². The van der Waals surface area contributed by atoms with Gasteiger partial charge in [-0.1, -0.05) is 23.7 Å². The van der Waals surface area contributed by atoms with Gasteiger partial charge in [0.15, 0.2) is 9.84 Å². The molecule has 0 amide bonds. The second kappa shape index (κ2) is 5.65. The first kappa shape index (κ1) is 15.5. The maximum atomic E-state index is 13.0. The number of halogens is 2. The van der Waals surface area contributed by atoms with Gasteiger partial charge in [-0.05, 0) is 42.0 Å². The van der Waals surface area contributed by atoms with E-state index < -0.39 is 15.1 Å². The first-order valence-electron chi connectivity index (χ1n) is 6.81. The molecule has 0 heterocycles. The highest BCUT2D eigenvalue weighted by atomic mass is 35.5. The Kier molecular flexibility index (Phi) is 3.97. The smallest absolute Gasteiger partial charge is 0.182 e. The second-order valence-corrected chi connectivity index (χ2v) is 7.93. The van der Waals surface area contributed by atoms with E-state index in [1.807, 2.05) is 0 Å². The number of aliphatic hydroxyl groups excluding tert-OH is 1. The molecular weight excluding hydrogens is 327 g/mol. The topological polar surface area (TPSA) is 54.4 Å². The summed E-state index contributed by atoms with van der Waals surface area (Å²) in [6.45, 7) is -0.223. The minimum absolute atomic E-state index is 0.185. The van der Waals surface area contributed by atoms with Crippen LogP contribution in [0.15, 0.2) is 53.4 Å². The molecule has 1 saturated carbocycles. The van der Waals surface area contributed by atoms with Crippen LogP contribution >= 0.6 is 11.6 Å². The first-order valence-corrected chi connectivity index (χ1v) is 8.73. The van der Waals surface area contributed by atoms with Gasteiger partial charge >= 0.3 is 0 Å². The van der Waals surface area contributed by atoms with E-state index in [-0.39, 0.29) is 29.2 Å². The van der Waals surface area contributed by atoms with Crippen LogP contribution in [0.25, 0.3) is 0 Å². The molecule has 1 aliphatic carbocycles. The Morgan fingerprint density at radius 3 is 2.18 bits per heavy atom. The lowest BCUT2D eigenvalue weighted by molar-refractivity contribution is 0.274. The summed E-state index contributed by atoms with van der Waals surface area (Å²) in [5.41, 5.74) is 0.725. The Bertz CT molecular complexity index is 772. The van der Waals surface area contributed by atoms with Crippen LogP contribution < -0.4 is 0 Å². The molecule has 22 heavy (non-hydrogen) atoms. The summed E-state index contributed by atoms with van der Waals surface area (Å²) in [4.78, 5) is 0.185. The Morgan fingerprint density at radius 2 is 1.64 bits per heavy atom. The maximum Gasteiger partial charge on any atom is 0.182 e. The van der Waals surface area contributed by atoms with Crippen LogP contribution in [0.4, 0.5) is 4.39 Å². The Labute approximate surface area is 133 Å². The fraction of sp³-hybridized carbons (Fsp3) is 0.250. The summed E-state index contributed by atoms with van der Waals surface area (Å²) in [5, 5.41) is 9.23. The Balaban J connectivity index is 1.93. The quantitative estimate of drug-likeness (QED) is 0.930. The minimum atomic E-state index is -3.56. The highest BCUT2D eigenvalue weighted by Crippen LogP contribution is 2.53. The van der Waals surface area contributed by atoms with Gasteiger partial charge < -0.3 is 5.11 Å². The fourth-order valence-electron chi connectivity index (χ4n) is 2.89. The highest BCUT2D eigenvalue weighted by Gasteiger charge is 2.58. The molecule has 0 aromatic heterocycles. The molecule has 1 aliphatic rings. The molecule has 116 valence electrons. The van der Waals surface area contributed by atoms with E-state index in [2.05, 4.69) is 0 Å². The van der Waals surface area contributed by atoms with Gasteiger partial charge in [-0.25, -0.2) is 12.8 Å². The van der Waals surface area contributed by atoms with Gasteiger partial charge in [-0.3, -0.25) is 0 Å². The standard InChI is InChI=1S/C16H14ClFO3S/c17-11-3-7-13(8-4-11)22(20,21)16-14(9-19)15(16)10-1-5-12(18)6-2-10/h1-8,14-16,19H,9H2. The monoisotopic (exact) mass is 340 g/mol. The molecule has 6 heteroatoms. The van der Waals surface area contributed by atoms with Crippen LogP contribution in [0, 0.1) is 11.7 Å². The summed E-state index contributed by atoms with van der Waals surface area (Å²) in [6, 6.07) is 11.7. The van der Waals surface area contributed by atoms with Crippen LogP contribution in [0.1, 0.15) is 11.5 Å². The first-order chi connectivity index (χ1) is 10.4. The zero-order valence-electron chi connectivity index (χ0n) is 11.5. The van der Waals surface area contributed by atoms with Crippen molar-refractivity contribution < 1.29 is 17.9 Å². The van der Waals surface area contributed by atoms with Crippen LogP contribution in [0.5, 0.6) is 0 Å². The van der Waals surface area contributed by atoms with Crippen molar-refractivity contribution in [3.63, 3.8) is 0 Å². The van der Waals surface area contributed by atoms with Gasteiger partial charge in [0.25, 0.3) is 0 Å². The average molecular weight is 341 g/mol. The average Bonchev–Trinajstić information content (AvgIpc) is 3.24. The van der Waals surface area contributed by atoms with Crippen molar-refractivity contribution in [1.29, 1.82) is 0 Å². The predicted molar refractivity (Wildman–Crippen MR) is 82.1 cm³/mol. The molecule has 1 N–H and O–H groups in total. The zero-order chi connectivity index (χ0) is 15.9. The van der Waals surface area contributed by atoms with E-state index in [9.17, 15) is 17.9 Å². The summed E-state index contributed by atoms with van der Waals surface area (Å²) >= 11 is 5.78. The Morgan fingerprint density at radius 1 is 1.05 bits per heavy atom. The number of benzene rings is 2. The lowest BCUT2D eigenvalue weighted by atomic mass is 10.1. The van der Waals surface area contributed by atoms with Gasteiger partial charge in [0, 0.05) is 23.5 Å². The maximum absolute atomic E-state index is 13.0. The predicted octanol–water partition coefficient (Wildman–Crippen LogP) is 3.03. The summed E-state index contributed by atoms with van der Waals surface area (Å²) in [7, 11) is -3.56. The molecule has 0 spiro atoms. The molecule has 0 saturated heterocycles. The van der Waals surface area contributed by atoms with E-state index in [0.29, 0.717) is 5.02 Å². The largest absolute Gasteiger partial charge is 0.396 e. The minimum Gasteiger partial charge on any atom is -0.396 e. The van der Waals surface area contributed by atoms with Gasteiger partial charge in [0.2, 0.25) is 0 Å². The summed E-state index contributed by atoms with van der Waals surface area (Å²) in [6.07, 6.45) is 0. The number of aliphatic hydroxyl groups is 1. The Hall–Kier alpha value is -1.43. The number of sulfone groups is 1.